The third kappa shape index (κ3) is 5.95. The van der Waals surface area contributed by atoms with E-state index in [0.29, 0.717) is 5.56 Å². The van der Waals surface area contributed by atoms with Crippen LogP contribution in [0.1, 0.15) is 15.9 Å². The Labute approximate surface area is 230 Å². The van der Waals surface area contributed by atoms with Gasteiger partial charge in [0.1, 0.15) is 6.29 Å². The van der Waals surface area contributed by atoms with Crippen molar-refractivity contribution in [3.63, 3.8) is 0 Å². The highest BCUT2D eigenvalue weighted by Crippen LogP contribution is 2.29. The zero-order valence-electron chi connectivity index (χ0n) is 21.6. The molecule has 0 amide bonds. The maximum absolute atomic E-state index is 11.2. The molecule has 0 radical (unpaired) electrons. The standard InChI is InChI=1S/C18H14N2O2.C15H10N2O/c1-22-18(21)5-3-13-2-4-17-16(12-13)15(8-11-20-17)14-6-9-19-10-7-14;18-10-11-1-2-15-14(9-11)13(5-8-17-15)12-3-6-16-7-4-12/h2-12H,1H3;1-10H. The minimum absolute atomic E-state index is 0.374. The van der Waals surface area contributed by atoms with Crippen LogP contribution >= 0.6 is 0 Å². The molecule has 0 bridgehead atoms. The van der Waals surface area contributed by atoms with Crippen molar-refractivity contribution in [2.24, 2.45) is 0 Å². The normalized spacial score (nSPS) is 10.7. The van der Waals surface area contributed by atoms with Gasteiger partial charge in [-0.05, 0) is 101 Å². The Balaban J connectivity index is 0.000000164. The zero-order chi connectivity index (χ0) is 27.7. The van der Waals surface area contributed by atoms with E-state index in [1.165, 1.54) is 13.2 Å². The molecule has 40 heavy (non-hydrogen) atoms. The van der Waals surface area contributed by atoms with Gasteiger partial charge in [0.2, 0.25) is 0 Å². The van der Waals surface area contributed by atoms with Crippen LogP contribution in [-0.2, 0) is 9.53 Å². The highest BCUT2D eigenvalue weighted by Gasteiger charge is 2.06. The van der Waals surface area contributed by atoms with E-state index in [1.807, 2.05) is 66.7 Å². The lowest BCUT2D eigenvalue weighted by Gasteiger charge is -2.07. The summed E-state index contributed by atoms with van der Waals surface area (Å²) in [6.07, 6.45) is 14.6. The van der Waals surface area contributed by atoms with E-state index in [2.05, 4.69) is 24.7 Å². The molecular formula is C33H24N4O3. The number of aromatic nitrogens is 4. The predicted molar refractivity (Wildman–Crippen MR) is 156 cm³/mol. The van der Waals surface area contributed by atoms with E-state index in [1.54, 1.807) is 49.3 Å². The lowest BCUT2D eigenvalue weighted by molar-refractivity contribution is -0.134. The molecule has 4 aromatic heterocycles. The first-order valence-electron chi connectivity index (χ1n) is 12.5. The van der Waals surface area contributed by atoms with Gasteiger partial charge in [0.15, 0.2) is 0 Å². The summed E-state index contributed by atoms with van der Waals surface area (Å²) in [6.45, 7) is 0. The Morgan fingerprint density at radius 3 is 1.65 bits per heavy atom. The topological polar surface area (TPSA) is 94.9 Å². The second kappa shape index (κ2) is 12.3. The molecule has 0 atom stereocenters. The molecule has 0 aliphatic rings. The molecule has 0 fully saturated rings. The van der Waals surface area contributed by atoms with Crippen molar-refractivity contribution in [1.29, 1.82) is 0 Å². The fourth-order valence-corrected chi connectivity index (χ4v) is 4.30. The van der Waals surface area contributed by atoms with Crippen LogP contribution in [0.25, 0.3) is 50.1 Å². The van der Waals surface area contributed by atoms with Crippen LogP contribution in [0.2, 0.25) is 0 Å². The Bertz CT molecular complexity index is 1820. The number of benzene rings is 2. The summed E-state index contributed by atoms with van der Waals surface area (Å²) in [7, 11) is 1.36. The molecule has 7 heteroatoms. The van der Waals surface area contributed by atoms with Crippen molar-refractivity contribution >= 4 is 40.1 Å². The summed E-state index contributed by atoms with van der Waals surface area (Å²) < 4.78 is 4.61. The van der Waals surface area contributed by atoms with Crippen molar-refractivity contribution in [3.8, 4) is 22.3 Å². The van der Waals surface area contributed by atoms with Crippen LogP contribution in [-0.4, -0.2) is 39.3 Å². The number of ether oxygens (including phenoxy) is 1. The molecule has 0 saturated heterocycles. The smallest absolute Gasteiger partial charge is 0.330 e. The number of esters is 1. The Kier molecular flexibility index (Phi) is 8.03. The number of pyridine rings is 4. The number of aldehydes is 1. The van der Waals surface area contributed by atoms with Crippen LogP contribution in [0, 0.1) is 0 Å². The summed E-state index contributed by atoms with van der Waals surface area (Å²) >= 11 is 0. The number of fused-ring (bicyclic) bond motifs is 2. The fraction of sp³-hybridized carbons (Fsp3) is 0.0303. The van der Waals surface area contributed by atoms with Crippen molar-refractivity contribution < 1.29 is 14.3 Å². The third-order valence-corrected chi connectivity index (χ3v) is 6.26. The van der Waals surface area contributed by atoms with Gasteiger partial charge >= 0.3 is 5.97 Å². The van der Waals surface area contributed by atoms with Crippen LogP contribution in [0.5, 0.6) is 0 Å². The monoisotopic (exact) mass is 524 g/mol. The molecule has 0 N–H and O–H groups in total. The van der Waals surface area contributed by atoms with Crippen molar-refractivity contribution in [1.82, 2.24) is 19.9 Å². The molecule has 4 heterocycles. The molecule has 7 nitrogen and oxygen atoms in total. The van der Waals surface area contributed by atoms with Crippen molar-refractivity contribution in [3.05, 3.63) is 127 Å². The fourth-order valence-electron chi connectivity index (χ4n) is 4.30. The second-order valence-electron chi connectivity index (χ2n) is 8.72. The summed E-state index contributed by atoms with van der Waals surface area (Å²) in [5.41, 5.74) is 7.66. The summed E-state index contributed by atoms with van der Waals surface area (Å²) in [5, 5.41) is 2.01. The minimum atomic E-state index is -0.374. The molecule has 2 aromatic carbocycles. The third-order valence-electron chi connectivity index (χ3n) is 6.26. The van der Waals surface area contributed by atoms with Gasteiger partial charge in [-0.1, -0.05) is 6.07 Å². The van der Waals surface area contributed by atoms with Crippen LogP contribution in [0.3, 0.4) is 0 Å². The molecule has 0 aliphatic heterocycles. The van der Waals surface area contributed by atoms with Gasteiger partial charge in [-0.15, -0.1) is 0 Å². The molecule has 0 unspecified atom stereocenters. The number of carbonyl (C=O) groups is 2. The quantitative estimate of drug-likeness (QED) is 0.143. The first-order chi connectivity index (χ1) is 19.7. The number of carbonyl (C=O) groups excluding carboxylic acids is 2. The highest BCUT2D eigenvalue weighted by atomic mass is 16.5. The molecule has 194 valence electrons. The van der Waals surface area contributed by atoms with E-state index < -0.39 is 0 Å². The highest BCUT2D eigenvalue weighted by molar-refractivity contribution is 5.98. The molecule has 0 saturated carbocycles. The van der Waals surface area contributed by atoms with Gasteiger partial charge in [0.05, 0.1) is 18.1 Å². The maximum Gasteiger partial charge on any atom is 0.330 e. The number of nitrogens with zero attached hydrogens (tertiary/aromatic N) is 4. The van der Waals surface area contributed by atoms with E-state index >= 15 is 0 Å². The van der Waals surface area contributed by atoms with Crippen LogP contribution in [0.4, 0.5) is 0 Å². The van der Waals surface area contributed by atoms with Gasteiger partial charge in [0.25, 0.3) is 0 Å². The molecule has 6 aromatic rings. The van der Waals surface area contributed by atoms with Gasteiger partial charge in [-0.2, -0.15) is 0 Å². The number of hydrogen-bond donors (Lipinski definition) is 0. The van der Waals surface area contributed by atoms with E-state index in [-0.39, 0.29) is 5.97 Å². The maximum atomic E-state index is 11.2. The summed E-state index contributed by atoms with van der Waals surface area (Å²) in [4.78, 5) is 38.8. The summed E-state index contributed by atoms with van der Waals surface area (Å²) in [5.74, 6) is -0.374. The lowest BCUT2D eigenvalue weighted by atomic mass is 10.0. The predicted octanol–water partition coefficient (Wildman–Crippen LogP) is 6.59. The van der Waals surface area contributed by atoms with Crippen LogP contribution < -0.4 is 0 Å². The van der Waals surface area contributed by atoms with Crippen molar-refractivity contribution in [2.75, 3.05) is 7.11 Å². The number of methoxy groups -OCH3 is 1. The average Bonchev–Trinajstić information content (AvgIpc) is 3.03. The average molecular weight is 525 g/mol. The Morgan fingerprint density at radius 1 is 0.650 bits per heavy atom. The first kappa shape index (κ1) is 26.1. The van der Waals surface area contributed by atoms with E-state index in [9.17, 15) is 9.59 Å². The van der Waals surface area contributed by atoms with E-state index in [4.69, 9.17) is 0 Å². The van der Waals surface area contributed by atoms with Crippen LogP contribution in [0.15, 0.2) is 116 Å². The van der Waals surface area contributed by atoms with Crippen molar-refractivity contribution in [2.45, 2.75) is 0 Å². The molecule has 6 rings (SSSR count). The van der Waals surface area contributed by atoms with Gasteiger partial charge < -0.3 is 4.74 Å². The lowest BCUT2D eigenvalue weighted by Crippen LogP contribution is -1.93. The molecule has 0 spiro atoms. The van der Waals surface area contributed by atoms with Gasteiger partial charge in [0, 0.05) is 59.6 Å². The van der Waals surface area contributed by atoms with Gasteiger partial charge in [-0.3, -0.25) is 24.7 Å². The zero-order valence-corrected chi connectivity index (χ0v) is 21.6. The van der Waals surface area contributed by atoms with Gasteiger partial charge in [-0.25, -0.2) is 4.79 Å². The minimum Gasteiger partial charge on any atom is -0.466 e. The van der Waals surface area contributed by atoms with E-state index in [0.717, 1.165) is 55.9 Å². The number of rotatable bonds is 5. The Hall–Kier alpha value is -5.56. The first-order valence-corrected chi connectivity index (χ1v) is 12.5. The second-order valence-corrected chi connectivity index (χ2v) is 8.72. The largest absolute Gasteiger partial charge is 0.466 e. The SMILES string of the molecule is COC(=O)C=Cc1ccc2nccc(-c3ccncc3)c2c1.O=Cc1ccc2nccc(-c3ccncc3)c2c1. The summed E-state index contributed by atoms with van der Waals surface area (Å²) in [6, 6.07) is 23.1. The molecule has 0 aliphatic carbocycles. The number of hydrogen-bond acceptors (Lipinski definition) is 7. The Morgan fingerprint density at radius 2 is 1.15 bits per heavy atom. The molecular weight excluding hydrogens is 500 g/mol.